The number of ether oxygens (including phenoxy) is 2. The molecule has 0 bridgehead atoms. The third-order valence-corrected chi connectivity index (χ3v) is 4.25. The number of hydrogen-bond acceptors (Lipinski definition) is 4. The minimum atomic E-state index is -0.960. The molecule has 0 saturated carbocycles. The van der Waals surface area contributed by atoms with Gasteiger partial charge >= 0.3 is 12.0 Å². The van der Waals surface area contributed by atoms with Crippen LogP contribution in [-0.2, 0) is 16.0 Å². The smallest absolute Gasteiger partial charge is 0.335 e. The molecule has 2 fully saturated rings. The van der Waals surface area contributed by atoms with Gasteiger partial charge in [-0.1, -0.05) is 12.1 Å². The number of benzene rings is 1. The van der Waals surface area contributed by atoms with Gasteiger partial charge in [0.25, 0.3) is 0 Å². The number of amides is 2. The summed E-state index contributed by atoms with van der Waals surface area (Å²) in [5.74, 6) is -0.960. The molecule has 7 nitrogen and oxygen atoms in total. The van der Waals surface area contributed by atoms with Crippen molar-refractivity contribution in [2.24, 2.45) is 0 Å². The lowest BCUT2D eigenvalue weighted by atomic mass is 10.0. The molecule has 1 unspecified atom stereocenters. The second-order valence-electron chi connectivity index (χ2n) is 5.92. The number of nitrogens with one attached hydrogen (secondary N) is 1. The number of aromatic carboxylic acids is 1. The fourth-order valence-electron chi connectivity index (χ4n) is 2.90. The SMILES string of the molecule is O=C(O)c1ccc(CNC(=O)N2CCOC3(CCOC3)C2)cc1. The average Bonchev–Trinajstić information content (AvgIpc) is 3.00. The summed E-state index contributed by atoms with van der Waals surface area (Å²) in [5, 5.41) is 11.7. The molecule has 2 amide bonds. The van der Waals surface area contributed by atoms with E-state index >= 15 is 0 Å². The molecular formula is C16H20N2O5. The first kappa shape index (κ1) is 15.8. The third kappa shape index (κ3) is 3.62. The lowest BCUT2D eigenvalue weighted by molar-refractivity contribution is -0.0975. The number of rotatable bonds is 3. The summed E-state index contributed by atoms with van der Waals surface area (Å²) in [7, 11) is 0. The van der Waals surface area contributed by atoms with E-state index in [-0.39, 0.29) is 17.2 Å². The molecule has 0 aliphatic carbocycles. The van der Waals surface area contributed by atoms with Crippen LogP contribution in [0.3, 0.4) is 0 Å². The zero-order valence-corrected chi connectivity index (χ0v) is 12.8. The Morgan fingerprint density at radius 3 is 2.70 bits per heavy atom. The van der Waals surface area contributed by atoms with Crippen molar-refractivity contribution in [2.75, 3.05) is 32.9 Å². The van der Waals surface area contributed by atoms with Gasteiger partial charge in [0.2, 0.25) is 0 Å². The largest absolute Gasteiger partial charge is 0.478 e. The Balaban J connectivity index is 1.53. The van der Waals surface area contributed by atoms with Gasteiger partial charge in [0.05, 0.1) is 25.3 Å². The lowest BCUT2D eigenvalue weighted by Gasteiger charge is -2.39. The molecule has 1 atom stereocenters. The maximum Gasteiger partial charge on any atom is 0.335 e. The highest BCUT2D eigenvalue weighted by Gasteiger charge is 2.41. The first-order valence-electron chi connectivity index (χ1n) is 7.65. The molecule has 1 spiro atoms. The number of carboxylic acid groups (broad SMARTS) is 1. The monoisotopic (exact) mass is 320 g/mol. The van der Waals surface area contributed by atoms with Crippen molar-refractivity contribution in [3.8, 4) is 0 Å². The van der Waals surface area contributed by atoms with Crippen molar-refractivity contribution in [2.45, 2.75) is 18.6 Å². The number of carbonyl (C=O) groups is 2. The van der Waals surface area contributed by atoms with E-state index in [1.165, 1.54) is 12.1 Å². The Kier molecular flexibility index (Phi) is 4.49. The summed E-state index contributed by atoms with van der Waals surface area (Å²) in [6.07, 6.45) is 0.813. The maximum absolute atomic E-state index is 12.3. The van der Waals surface area contributed by atoms with E-state index in [2.05, 4.69) is 5.32 Å². The van der Waals surface area contributed by atoms with Gasteiger partial charge in [-0.3, -0.25) is 0 Å². The fraction of sp³-hybridized carbons (Fsp3) is 0.500. The van der Waals surface area contributed by atoms with E-state index in [0.717, 1.165) is 12.0 Å². The molecular weight excluding hydrogens is 300 g/mol. The lowest BCUT2D eigenvalue weighted by Crippen LogP contribution is -2.56. The van der Waals surface area contributed by atoms with Crippen molar-refractivity contribution >= 4 is 12.0 Å². The molecule has 1 aromatic rings. The Labute approximate surface area is 134 Å². The highest BCUT2D eigenvalue weighted by Crippen LogP contribution is 2.27. The Morgan fingerprint density at radius 2 is 2.04 bits per heavy atom. The first-order chi connectivity index (χ1) is 11.1. The predicted molar refractivity (Wildman–Crippen MR) is 81.3 cm³/mol. The molecule has 1 aromatic carbocycles. The molecule has 2 aliphatic rings. The van der Waals surface area contributed by atoms with Crippen LogP contribution >= 0.6 is 0 Å². The van der Waals surface area contributed by atoms with E-state index in [9.17, 15) is 9.59 Å². The molecule has 2 heterocycles. The summed E-state index contributed by atoms with van der Waals surface area (Å²) >= 11 is 0. The van der Waals surface area contributed by atoms with E-state index in [4.69, 9.17) is 14.6 Å². The van der Waals surface area contributed by atoms with Gasteiger partial charge in [-0.2, -0.15) is 0 Å². The molecule has 0 radical (unpaired) electrons. The van der Waals surface area contributed by atoms with Crippen LogP contribution in [0.25, 0.3) is 0 Å². The van der Waals surface area contributed by atoms with Crippen LogP contribution in [0.4, 0.5) is 4.79 Å². The zero-order chi connectivity index (χ0) is 16.3. The zero-order valence-electron chi connectivity index (χ0n) is 12.8. The van der Waals surface area contributed by atoms with Crippen LogP contribution in [0.1, 0.15) is 22.3 Å². The molecule has 7 heteroatoms. The van der Waals surface area contributed by atoms with Gasteiger partial charge in [0.1, 0.15) is 5.60 Å². The topological polar surface area (TPSA) is 88.1 Å². The molecule has 3 rings (SSSR count). The number of carbonyl (C=O) groups excluding carboxylic acids is 1. The molecule has 2 saturated heterocycles. The minimum Gasteiger partial charge on any atom is -0.478 e. The fourth-order valence-corrected chi connectivity index (χ4v) is 2.90. The quantitative estimate of drug-likeness (QED) is 0.870. The summed E-state index contributed by atoms with van der Waals surface area (Å²) in [6.45, 7) is 3.19. The first-order valence-corrected chi connectivity index (χ1v) is 7.65. The highest BCUT2D eigenvalue weighted by atomic mass is 16.6. The summed E-state index contributed by atoms with van der Waals surface area (Å²) in [6, 6.07) is 6.33. The maximum atomic E-state index is 12.3. The molecule has 2 aliphatic heterocycles. The van der Waals surface area contributed by atoms with E-state index in [1.54, 1.807) is 17.0 Å². The van der Waals surface area contributed by atoms with Gasteiger partial charge in [0.15, 0.2) is 0 Å². The summed E-state index contributed by atoms with van der Waals surface area (Å²) in [4.78, 5) is 24.9. The normalized spacial score (nSPS) is 23.9. The molecule has 124 valence electrons. The van der Waals surface area contributed by atoms with Gasteiger partial charge < -0.3 is 24.8 Å². The van der Waals surface area contributed by atoms with Crippen molar-refractivity contribution in [3.05, 3.63) is 35.4 Å². The standard InChI is InChI=1S/C16H20N2O5/c19-14(20)13-3-1-12(2-4-13)9-17-15(21)18-6-8-23-16(10-18)5-7-22-11-16/h1-4H,5-11H2,(H,17,21)(H,19,20). The minimum absolute atomic E-state index is 0.137. The van der Waals surface area contributed by atoms with E-state index < -0.39 is 5.97 Å². The Bertz CT molecular complexity index is 581. The summed E-state index contributed by atoms with van der Waals surface area (Å²) < 4.78 is 11.2. The van der Waals surface area contributed by atoms with Crippen molar-refractivity contribution in [3.63, 3.8) is 0 Å². The van der Waals surface area contributed by atoms with Gasteiger partial charge in [0, 0.05) is 26.1 Å². The highest BCUT2D eigenvalue weighted by molar-refractivity contribution is 5.87. The van der Waals surface area contributed by atoms with Crippen molar-refractivity contribution in [1.82, 2.24) is 10.2 Å². The molecule has 0 aromatic heterocycles. The van der Waals surface area contributed by atoms with Crippen molar-refractivity contribution in [1.29, 1.82) is 0 Å². The van der Waals surface area contributed by atoms with E-state index in [0.29, 0.717) is 39.5 Å². The third-order valence-electron chi connectivity index (χ3n) is 4.25. The average molecular weight is 320 g/mol. The van der Waals surface area contributed by atoms with Gasteiger partial charge in [-0.25, -0.2) is 9.59 Å². The van der Waals surface area contributed by atoms with Gasteiger partial charge in [-0.15, -0.1) is 0 Å². The molecule has 2 N–H and O–H groups in total. The Morgan fingerprint density at radius 1 is 1.26 bits per heavy atom. The Hall–Kier alpha value is -2.12. The van der Waals surface area contributed by atoms with Gasteiger partial charge in [-0.05, 0) is 17.7 Å². The number of morpholine rings is 1. The van der Waals surface area contributed by atoms with E-state index in [1.807, 2.05) is 0 Å². The van der Waals surface area contributed by atoms with Crippen molar-refractivity contribution < 1.29 is 24.2 Å². The van der Waals surface area contributed by atoms with Crippen LogP contribution in [0.5, 0.6) is 0 Å². The predicted octanol–water partition coefficient (Wildman–Crippen LogP) is 1.09. The summed E-state index contributed by atoms with van der Waals surface area (Å²) in [5.41, 5.74) is 0.741. The number of hydrogen-bond donors (Lipinski definition) is 2. The second-order valence-corrected chi connectivity index (χ2v) is 5.92. The second kappa shape index (κ2) is 6.55. The number of urea groups is 1. The van der Waals surface area contributed by atoms with Crippen LogP contribution in [-0.4, -0.2) is 60.5 Å². The van der Waals surface area contributed by atoms with Crippen LogP contribution < -0.4 is 5.32 Å². The molecule has 23 heavy (non-hydrogen) atoms. The number of carboxylic acids is 1. The van der Waals surface area contributed by atoms with Crippen LogP contribution in [0.2, 0.25) is 0 Å². The number of nitrogens with zero attached hydrogens (tertiary/aromatic N) is 1. The van der Waals surface area contributed by atoms with Crippen LogP contribution in [0, 0.1) is 0 Å². The van der Waals surface area contributed by atoms with Crippen LogP contribution in [0.15, 0.2) is 24.3 Å².